The SMILES string of the molecule is CC(=O)N1CCN(C[C@]2(O)CC[C@H]3[C@]45C=C[C@@]6(C=C4C(=O)c4cccc(C(F)(F)F)c4)CC(O)CC[C@]6(C)[C@H]5CC[C@@]32C)CC1. The fourth-order valence-electron chi connectivity index (χ4n) is 11.2. The monoisotopic (exact) mass is 626 g/mol. The molecule has 1 unspecified atom stereocenters. The highest BCUT2D eigenvalue weighted by atomic mass is 19.4. The number of β-amino-alcohol motifs (C(OH)–C–C–N with tert-alkyl or cyclic N) is 1. The Labute approximate surface area is 263 Å². The molecular formula is C36H45F3N2O4. The predicted molar refractivity (Wildman–Crippen MR) is 163 cm³/mol. The molecule has 2 N–H and O–H groups in total. The van der Waals surface area contributed by atoms with Gasteiger partial charge in [-0.25, -0.2) is 0 Å². The molecule has 8 rings (SSSR count). The summed E-state index contributed by atoms with van der Waals surface area (Å²) in [5.41, 5.74) is -3.30. The second-order valence-corrected chi connectivity index (χ2v) is 15.5. The molecule has 1 amide bonds. The number of carbonyl (C=O) groups excluding carboxylic acids is 2. The van der Waals surface area contributed by atoms with Gasteiger partial charge >= 0.3 is 6.18 Å². The van der Waals surface area contributed by atoms with Crippen molar-refractivity contribution < 1.29 is 33.0 Å². The lowest BCUT2D eigenvalue weighted by Crippen LogP contribution is -2.67. The fraction of sp³-hybridized carbons (Fsp3) is 0.667. The van der Waals surface area contributed by atoms with E-state index in [2.05, 4.69) is 30.9 Å². The first-order valence-corrected chi connectivity index (χ1v) is 16.6. The van der Waals surface area contributed by atoms with Gasteiger partial charge in [-0.2, -0.15) is 13.2 Å². The van der Waals surface area contributed by atoms with Crippen LogP contribution >= 0.6 is 0 Å². The van der Waals surface area contributed by atoms with Crippen molar-refractivity contribution in [2.75, 3.05) is 32.7 Å². The van der Waals surface area contributed by atoms with Crippen molar-refractivity contribution in [3.63, 3.8) is 0 Å². The molecule has 4 fully saturated rings. The van der Waals surface area contributed by atoms with Gasteiger partial charge in [0.2, 0.25) is 5.91 Å². The number of amides is 1. The van der Waals surface area contributed by atoms with Crippen molar-refractivity contribution in [1.29, 1.82) is 0 Å². The minimum absolute atomic E-state index is 0.0310. The van der Waals surface area contributed by atoms with Crippen LogP contribution < -0.4 is 0 Å². The number of hydrogen-bond donors (Lipinski definition) is 2. The van der Waals surface area contributed by atoms with Crippen LogP contribution in [-0.2, 0) is 11.0 Å². The number of aliphatic hydroxyl groups excluding tert-OH is 1. The third kappa shape index (κ3) is 4.25. The molecule has 0 radical (unpaired) electrons. The quantitative estimate of drug-likeness (QED) is 0.334. The molecule has 1 aliphatic heterocycles. The van der Waals surface area contributed by atoms with Crippen LogP contribution in [0.2, 0.25) is 0 Å². The van der Waals surface area contributed by atoms with Crippen molar-refractivity contribution in [1.82, 2.24) is 9.80 Å². The fourth-order valence-corrected chi connectivity index (χ4v) is 11.2. The van der Waals surface area contributed by atoms with Crippen LogP contribution in [0.25, 0.3) is 0 Å². The van der Waals surface area contributed by atoms with Crippen LogP contribution in [0.4, 0.5) is 13.2 Å². The Kier molecular flexibility index (Phi) is 6.92. The van der Waals surface area contributed by atoms with Gasteiger partial charge in [-0.3, -0.25) is 14.5 Å². The molecule has 2 spiro atoms. The Morgan fingerprint density at radius 2 is 1.62 bits per heavy atom. The van der Waals surface area contributed by atoms with E-state index in [0.29, 0.717) is 64.0 Å². The minimum Gasteiger partial charge on any atom is -0.393 e. The van der Waals surface area contributed by atoms with E-state index in [-0.39, 0.29) is 34.5 Å². The summed E-state index contributed by atoms with van der Waals surface area (Å²) in [6.07, 6.45) is 6.21. The maximum atomic E-state index is 14.6. The molecular weight excluding hydrogens is 581 g/mol. The number of ketones is 1. The third-order valence-electron chi connectivity index (χ3n) is 13.7. The van der Waals surface area contributed by atoms with Crippen LogP contribution in [-0.4, -0.2) is 76.1 Å². The lowest BCUT2D eigenvalue weighted by atomic mass is 9.32. The highest BCUT2D eigenvalue weighted by molar-refractivity contribution is 6.10. The van der Waals surface area contributed by atoms with Crippen molar-refractivity contribution in [3.05, 3.63) is 59.2 Å². The summed E-state index contributed by atoms with van der Waals surface area (Å²) in [4.78, 5) is 30.6. The van der Waals surface area contributed by atoms with Gasteiger partial charge in [0.1, 0.15) is 0 Å². The van der Waals surface area contributed by atoms with Gasteiger partial charge in [0, 0.05) is 67.0 Å². The Balaban J connectivity index is 1.30. The van der Waals surface area contributed by atoms with Gasteiger partial charge in [-0.1, -0.05) is 44.2 Å². The maximum Gasteiger partial charge on any atom is 0.416 e. The topological polar surface area (TPSA) is 81.1 Å². The number of allylic oxidation sites excluding steroid dienone is 4. The van der Waals surface area contributed by atoms with Crippen molar-refractivity contribution in [2.24, 2.45) is 33.5 Å². The molecule has 45 heavy (non-hydrogen) atoms. The Morgan fingerprint density at radius 1 is 0.956 bits per heavy atom. The number of hydrogen-bond acceptors (Lipinski definition) is 5. The number of benzene rings is 1. The normalized spacial score (nSPS) is 42.5. The molecule has 1 aromatic carbocycles. The van der Waals surface area contributed by atoms with Crippen LogP contribution in [0, 0.1) is 33.5 Å². The molecule has 1 aromatic rings. The summed E-state index contributed by atoms with van der Waals surface area (Å²) >= 11 is 0. The number of aliphatic hydroxyl groups is 2. The van der Waals surface area contributed by atoms with Crippen LogP contribution in [0.3, 0.4) is 0 Å². The van der Waals surface area contributed by atoms with E-state index in [9.17, 15) is 33.0 Å². The van der Waals surface area contributed by atoms with Crippen LogP contribution in [0.15, 0.2) is 48.1 Å². The molecule has 8 atom stereocenters. The molecule has 9 heteroatoms. The number of rotatable bonds is 4. The molecule has 1 heterocycles. The van der Waals surface area contributed by atoms with E-state index in [1.165, 1.54) is 12.1 Å². The summed E-state index contributed by atoms with van der Waals surface area (Å²) in [5, 5.41) is 23.4. The molecule has 6 nitrogen and oxygen atoms in total. The third-order valence-corrected chi connectivity index (χ3v) is 13.7. The van der Waals surface area contributed by atoms with E-state index < -0.39 is 39.7 Å². The largest absolute Gasteiger partial charge is 0.416 e. The second-order valence-electron chi connectivity index (χ2n) is 15.5. The molecule has 3 saturated carbocycles. The zero-order valence-corrected chi connectivity index (χ0v) is 26.5. The smallest absolute Gasteiger partial charge is 0.393 e. The zero-order chi connectivity index (χ0) is 32.2. The number of carbonyl (C=O) groups is 2. The van der Waals surface area contributed by atoms with E-state index in [1.807, 2.05) is 11.0 Å². The molecule has 1 saturated heterocycles. The summed E-state index contributed by atoms with van der Waals surface area (Å²) in [6.45, 7) is 9.18. The summed E-state index contributed by atoms with van der Waals surface area (Å²) in [7, 11) is 0. The van der Waals surface area contributed by atoms with Crippen molar-refractivity contribution in [3.8, 4) is 0 Å². The average Bonchev–Trinajstić information content (AvgIpc) is 3.26. The number of halogens is 3. The summed E-state index contributed by atoms with van der Waals surface area (Å²) < 4.78 is 41.3. The van der Waals surface area contributed by atoms with Gasteiger partial charge in [-0.15, -0.1) is 0 Å². The van der Waals surface area contributed by atoms with Gasteiger partial charge in [-0.05, 0) is 74.3 Å². The first-order chi connectivity index (χ1) is 21.1. The van der Waals surface area contributed by atoms with Crippen LogP contribution in [0.1, 0.15) is 81.6 Å². The minimum atomic E-state index is -4.57. The Morgan fingerprint density at radius 3 is 2.31 bits per heavy atom. The van der Waals surface area contributed by atoms with E-state index in [4.69, 9.17) is 0 Å². The molecule has 6 aliphatic carbocycles. The molecule has 0 aromatic heterocycles. The number of Topliss-reactive ketones (excluding diaryl/α,β-unsaturated/α-hetero) is 1. The second kappa shape index (κ2) is 10.0. The van der Waals surface area contributed by atoms with Crippen LogP contribution in [0.5, 0.6) is 0 Å². The first-order valence-electron chi connectivity index (χ1n) is 16.6. The number of nitrogens with zero attached hydrogens (tertiary/aromatic N) is 2. The van der Waals surface area contributed by atoms with E-state index in [1.54, 1.807) is 6.92 Å². The maximum absolute atomic E-state index is 14.6. The highest BCUT2D eigenvalue weighted by Gasteiger charge is 2.74. The van der Waals surface area contributed by atoms with Gasteiger partial charge in [0.15, 0.2) is 5.78 Å². The molecule has 2 bridgehead atoms. The van der Waals surface area contributed by atoms with E-state index in [0.717, 1.165) is 31.4 Å². The number of alkyl halides is 3. The zero-order valence-electron chi connectivity index (χ0n) is 26.5. The molecule has 7 aliphatic rings. The number of piperazine rings is 1. The van der Waals surface area contributed by atoms with Crippen molar-refractivity contribution >= 4 is 11.7 Å². The Hall–Kier alpha value is -2.49. The predicted octanol–water partition coefficient (Wildman–Crippen LogP) is 5.64. The standard InChI is InChI=1S/C36H45F3N2O4/c1-23(42)41-17-15-40(16-18-41)22-34(45)12-9-29-32(34,3)11-8-28-31(2)10-7-26(43)20-33(31)13-14-35(28,29)27(21-33)30(44)24-5-4-6-25(19-24)36(37,38)39/h4-6,13-14,19,21,26,28-29,43,45H,7-12,15-18,20,22H2,1-3H3/t26?,28-,29-,31-,32+,33+,34-,35-/m1/s1. The first kappa shape index (κ1) is 31.1. The van der Waals surface area contributed by atoms with Gasteiger partial charge in [0.05, 0.1) is 17.3 Å². The lowest BCUT2D eigenvalue weighted by Gasteiger charge is -2.71. The van der Waals surface area contributed by atoms with Gasteiger partial charge in [0.25, 0.3) is 0 Å². The highest BCUT2D eigenvalue weighted by Crippen LogP contribution is 2.78. The summed E-state index contributed by atoms with van der Waals surface area (Å²) in [5.74, 6) is -0.329. The van der Waals surface area contributed by atoms with E-state index >= 15 is 0 Å². The average molecular weight is 627 g/mol. The molecule has 244 valence electrons. The van der Waals surface area contributed by atoms with Gasteiger partial charge < -0.3 is 15.1 Å². The Bertz CT molecular complexity index is 1480. The van der Waals surface area contributed by atoms with Crippen molar-refractivity contribution in [2.45, 2.75) is 83.6 Å². The number of fused-ring (bicyclic) bond motifs is 1. The lowest BCUT2D eigenvalue weighted by molar-refractivity contribution is -0.177. The summed E-state index contributed by atoms with van der Waals surface area (Å²) in [6, 6.07) is 4.76.